The van der Waals surface area contributed by atoms with Crippen LogP contribution in [-0.4, -0.2) is 33.5 Å². The van der Waals surface area contributed by atoms with Crippen molar-refractivity contribution >= 4 is 49.8 Å². The number of hydrogen-bond donors (Lipinski definition) is 1. The summed E-state index contributed by atoms with van der Waals surface area (Å²) in [6.07, 6.45) is 0. The standard InChI is InChI=1S/C18H14ClN3O4S/c1-22-12-8-7-11(17-16(12)10(18(22)23)9-15(19)20-17)21-27(24,25)14-6-4-3-5-13(14)26-2/h3-9,21H,1-2H3. The van der Waals surface area contributed by atoms with Crippen molar-refractivity contribution in [1.29, 1.82) is 0 Å². The monoisotopic (exact) mass is 403 g/mol. The number of nitrogens with one attached hydrogen (secondary N) is 1. The van der Waals surface area contributed by atoms with Crippen molar-refractivity contribution in [2.24, 2.45) is 0 Å². The lowest BCUT2D eigenvalue weighted by Gasteiger charge is -2.14. The van der Waals surface area contributed by atoms with Crippen LogP contribution in [0.3, 0.4) is 0 Å². The molecular formula is C18H14ClN3O4S. The third kappa shape index (κ3) is 2.68. The fourth-order valence-corrected chi connectivity index (χ4v) is 4.59. The predicted molar refractivity (Wildman–Crippen MR) is 103 cm³/mol. The molecule has 3 aromatic rings. The third-order valence-corrected chi connectivity index (χ3v) is 6.01. The predicted octanol–water partition coefficient (Wildman–Crippen LogP) is 3.29. The minimum atomic E-state index is -3.95. The highest BCUT2D eigenvalue weighted by molar-refractivity contribution is 7.92. The summed E-state index contributed by atoms with van der Waals surface area (Å²) in [7, 11) is -0.908. The van der Waals surface area contributed by atoms with Crippen LogP contribution in [0.2, 0.25) is 5.15 Å². The molecule has 0 bridgehead atoms. The van der Waals surface area contributed by atoms with E-state index >= 15 is 0 Å². The average Bonchev–Trinajstić information content (AvgIpc) is 2.89. The van der Waals surface area contributed by atoms with Gasteiger partial charge in [-0.1, -0.05) is 23.7 Å². The van der Waals surface area contributed by atoms with Gasteiger partial charge in [0, 0.05) is 12.4 Å². The maximum absolute atomic E-state index is 12.9. The molecule has 0 saturated carbocycles. The van der Waals surface area contributed by atoms with Crippen LogP contribution in [0.1, 0.15) is 10.4 Å². The van der Waals surface area contributed by atoms with E-state index in [4.69, 9.17) is 16.3 Å². The summed E-state index contributed by atoms with van der Waals surface area (Å²) in [6.45, 7) is 0. The number of rotatable bonds is 4. The first-order chi connectivity index (χ1) is 12.8. The SMILES string of the molecule is COc1ccccc1S(=O)(=O)Nc1ccc2c3c(cc(Cl)nc13)C(=O)N2C. The summed E-state index contributed by atoms with van der Waals surface area (Å²) >= 11 is 6.07. The van der Waals surface area contributed by atoms with Crippen molar-refractivity contribution in [2.45, 2.75) is 4.90 Å². The Kier molecular flexibility index (Phi) is 3.97. The number of aromatic nitrogens is 1. The molecule has 4 rings (SSSR count). The Morgan fingerprint density at radius 1 is 1.19 bits per heavy atom. The number of carbonyl (C=O) groups excluding carboxylic acids is 1. The molecule has 9 heteroatoms. The number of pyridine rings is 1. The third-order valence-electron chi connectivity index (χ3n) is 4.41. The zero-order valence-electron chi connectivity index (χ0n) is 14.4. The first-order valence-corrected chi connectivity index (χ1v) is 9.77. The topological polar surface area (TPSA) is 88.6 Å². The summed E-state index contributed by atoms with van der Waals surface area (Å²) in [5.74, 6) is 0.000805. The Hall–Kier alpha value is -2.84. The van der Waals surface area contributed by atoms with Crippen molar-refractivity contribution in [3.8, 4) is 5.75 Å². The van der Waals surface area contributed by atoms with E-state index in [1.54, 1.807) is 37.4 Å². The van der Waals surface area contributed by atoms with E-state index in [9.17, 15) is 13.2 Å². The van der Waals surface area contributed by atoms with Gasteiger partial charge in [-0.05, 0) is 30.3 Å². The molecule has 1 aliphatic heterocycles. The quantitative estimate of drug-likeness (QED) is 0.675. The molecule has 138 valence electrons. The van der Waals surface area contributed by atoms with Crippen molar-refractivity contribution in [3.63, 3.8) is 0 Å². The summed E-state index contributed by atoms with van der Waals surface area (Å²) < 4.78 is 33.5. The Bertz CT molecular complexity index is 1210. The fourth-order valence-electron chi connectivity index (χ4n) is 3.15. The second kappa shape index (κ2) is 6.11. The zero-order valence-corrected chi connectivity index (χ0v) is 15.9. The van der Waals surface area contributed by atoms with Crippen molar-refractivity contribution in [3.05, 3.63) is 53.2 Å². The lowest BCUT2D eigenvalue weighted by Crippen LogP contribution is -2.20. The van der Waals surface area contributed by atoms with E-state index < -0.39 is 10.0 Å². The lowest BCUT2D eigenvalue weighted by atomic mass is 10.1. The summed E-state index contributed by atoms with van der Waals surface area (Å²) in [6, 6.07) is 11.0. The average molecular weight is 404 g/mol. The molecule has 7 nitrogen and oxygen atoms in total. The number of ether oxygens (including phenoxy) is 1. The van der Waals surface area contributed by atoms with Gasteiger partial charge >= 0.3 is 0 Å². The lowest BCUT2D eigenvalue weighted by molar-refractivity contribution is 0.0999. The Labute approximate surface area is 160 Å². The summed E-state index contributed by atoms with van der Waals surface area (Å²) in [5.41, 5.74) is 1.58. The van der Waals surface area contributed by atoms with Gasteiger partial charge in [-0.15, -0.1) is 0 Å². The van der Waals surface area contributed by atoms with Gasteiger partial charge in [0.25, 0.3) is 15.9 Å². The molecule has 1 aromatic heterocycles. The minimum absolute atomic E-state index is 0.00459. The first kappa shape index (κ1) is 17.6. The highest BCUT2D eigenvalue weighted by atomic mass is 35.5. The van der Waals surface area contributed by atoms with E-state index in [0.29, 0.717) is 22.2 Å². The molecule has 2 aromatic carbocycles. The Morgan fingerprint density at radius 2 is 1.93 bits per heavy atom. The van der Waals surface area contributed by atoms with E-state index in [1.807, 2.05) is 0 Å². The molecule has 2 heterocycles. The fraction of sp³-hybridized carbons (Fsp3) is 0.111. The number of amides is 1. The first-order valence-electron chi connectivity index (χ1n) is 7.90. The second-order valence-electron chi connectivity index (χ2n) is 5.97. The summed E-state index contributed by atoms with van der Waals surface area (Å²) in [5, 5.41) is 0.670. The Balaban J connectivity index is 1.89. The maximum atomic E-state index is 12.9. The number of nitrogens with zero attached hydrogens (tertiary/aromatic N) is 2. The Morgan fingerprint density at radius 3 is 2.67 bits per heavy atom. The summed E-state index contributed by atoms with van der Waals surface area (Å²) in [4.78, 5) is 18.1. The maximum Gasteiger partial charge on any atom is 0.265 e. The van der Waals surface area contributed by atoms with Crippen LogP contribution in [0.25, 0.3) is 10.9 Å². The molecule has 1 amide bonds. The molecule has 0 radical (unpaired) electrons. The molecule has 27 heavy (non-hydrogen) atoms. The number of anilines is 2. The molecule has 0 atom stereocenters. The molecular weight excluding hydrogens is 390 g/mol. The smallest absolute Gasteiger partial charge is 0.265 e. The number of carbonyl (C=O) groups is 1. The number of methoxy groups -OCH3 is 1. The molecule has 0 spiro atoms. The highest BCUT2D eigenvalue weighted by Gasteiger charge is 2.30. The van der Waals surface area contributed by atoms with E-state index in [2.05, 4.69) is 9.71 Å². The van der Waals surface area contributed by atoms with Crippen LogP contribution in [0.4, 0.5) is 11.4 Å². The van der Waals surface area contributed by atoms with Gasteiger partial charge in [-0.2, -0.15) is 0 Å². The van der Waals surface area contributed by atoms with Gasteiger partial charge in [0.2, 0.25) is 0 Å². The van der Waals surface area contributed by atoms with Crippen LogP contribution in [0.5, 0.6) is 5.75 Å². The normalized spacial score (nSPS) is 13.3. The van der Waals surface area contributed by atoms with Crippen LogP contribution in [0, 0.1) is 0 Å². The number of sulfonamides is 1. The minimum Gasteiger partial charge on any atom is -0.495 e. The number of halogens is 1. The zero-order chi connectivity index (χ0) is 19.3. The molecule has 1 aliphatic rings. The number of hydrogen-bond acceptors (Lipinski definition) is 5. The van der Waals surface area contributed by atoms with Crippen LogP contribution in [-0.2, 0) is 10.0 Å². The number of para-hydroxylation sites is 1. The van der Waals surface area contributed by atoms with Crippen LogP contribution in [0.15, 0.2) is 47.4 Å². The van der Waals surface area contributed by atoms with Gasteiger partial charge in [-0.3, -0.25) is 9.52 Å². The van der Waals surface area contributed by atoms with Gasteiger partial charge in [0.05, 0.1) is 29.6 Å². The highest BCUT2D eigenvalue weighted by Crippen LogP contribution is 2.40. The van der Waals surface area contributed by atoms with E-state index in [1.165, 1.54) is 24.1 Å². The molecule has 0 fully saturated rings. The number of benzene rings is 2. The molecule has 0 aliphatic carbocycles. The van der Waals surface area contributed by atoms with Gasteiger partial charge in [-0.25, -0.2) is 13.4 Å². The largest absolute Gasteiger partial charge is 0.495 e. The van der Waals surface area contributed by atoms with Crippen molar-refractivity contribution < 1.29 is 17.9 Å². The van der Waals surface area contributed by atoms with Gasteiger partial charge in [0.15, 0.2) is 0 Å². The van der Waals surface area contributed by atoms with E-state index in [-0.39, 0.29) is 27.4 Å². The molecule has 0 unspecified atom stereocenters. The van der Waals surface area contributed by atoms with Crippen molar-refractivity contribution in [1.82, 2.24) is 4.98 Å². The molecule has 0 saturated heterocycles. The van der Waals surface area contributed by atoms with Crippen LogP contribution >= 0.6 is 11.6 Å². The van der Waals surface area contributed by atoms with Crippen molar-refractivity contribution in [2.75, 3.05) is 23.8 Å². The van der Waals surface area contributed by atoms with Gasteiger partial charge in [0.1, 0.15) is 15.8 Å². The molecule has 1 N–H and O–H groups in total. The van der Waals surface area contributed by atoms with E-state index in [0.717, 1.165) is 0 Å². The van der Waals surface area contributed by atoms with Crippen LogP contribution < -0.4 is 14.4 Å². The second-order valence-corrected chi connectivity index (χ2v) is 8.01. The van der Waals surface area contributed by atoms with Gasteiger partial charge < -0.3 is 9.64 Å².